The summed E-state index contributed by atoms with van der Waals surface area (Å²) in [4.78, 5) is 7.37. The Kier molecular flexibility index (Phi) is 15.0. The highest BCUT2D eigenvalue weighted by Crippen LogP contribution is 2.41. The zero-order valence-electron chi connectivity index (χ0n) is 16.9. The van der Waals surface area contributed by atoms with Crippen LogP contribution in [0, 0.1) is 5.41 Å². The van der Waals surface area contributed by atoms with Gasteiger partial charge in [-0.1, -0.05) is 26.7 Å². The van der Waals surface area contributed by atoms with Crippen LogP contribution in [0.2, 0.25) is 0 Å². The minimum absolute atomic E-state index is 0. The van der Waals surface area contributed by atoms with Crippen molar-refractivity contribution in [3.8, 4) is 0 Å². The van der Waals surface area contributed by atoms with Crippen LogP contribution in [0.5, 0.6) is 0 Å². The quantitative estimate of drug-likeness (QED) is 0.199. The molecule has 5 nitrogen and oxygen atoms in total. The maximum Gasteiger partial charge on any atom is 0.191 e. The van der Waals surface area contributed by atoms with Crippen molar-refractivity contribution in [1.82, 2.24) is 15.5 Å². The van der Waals surface area contributed by atoms with E-state index in [1.165, 1.54) is 25.7 Å². The molecule has 0 bridgehead atoms. The summed E-state index contributed by atoms with van der Waals surface area (Å²) < 4.78 is 5.32. The number of halogens is 1. The van der Waals surface area contributed by atoms with E-state index in [1.807, 2.05) is 0 Å². The van der Waals surface area contributed by atoms with Gasteiger partial charge >= 0.3 is 0 Å². The van der Waals surface area contributed by atoms with Crippen LogP contribution in [0.15, 0.2) is 4.99 Å². The Hall–Kier alpha value is -0.0800. The molecule has 0 atom stereocenters. The first-order valence-electron chi connectivity index (χ1n) is 9.93. The van der Waals surface area contributed by atoms with Gasteiger partial charge in [-0.05, 0) is 57.7 Å². The summed E-state index contributed by atoms with van der Waals surface area (Å²) in [6, 6.07) is 0. The van der Waals surface area contributed by atoms with Gasteiger partial charge in [0.15, 0.2) is 5.96 Å². The summed E-state index contributed by atoms with van der Waals surface area (Å²) in [5.74, 6) is 0.973. The maximum absolute atomic E-state index is 5.32. The van der Waals surface area contributed by atoms with Gasteiger partial charge in [-0.3, -0.25) is 4.99 Å². The van der Waals surface area contributed by atoms with Crippen LogP contribution in [-0.4, -0.2) is 63.8 Å². The van der Waals surface area contributed by atoms with Crippen molar-refractivity contribution in [2.24, 2.45) is 10.4 Å². The molecule has 0 radical (unpaired) electrons. The second kappa shape index (κ2) is 15.0. The minimum Gasteiger partial charge on any atom is -0.385 e. The highest BCUT2D eigenvalue weighted by atomic mass is 127. The fourth-order valence-corrected chi connectivity index (χ4v) is 3.57. The van der Waals surface area contributed by atoms with Crippen LogP contribution in [0.25, 0.3) is 0 Å². The third kappa shape index (κ3) is 9.99. The zero-order chi connectivity index (χ0) is 17.7. The standard InChI is InChI=1S/C19H40N4O.HI/c1-5-20-18(21-14-10-15-23(6-2)7-3)22-17-19(13-16-24-4)11-8-9-12-19;/h5-17H2,1-4H3,(H2,20,21,22);1H. The third-order valence-electron chi connectivity index (χ3n) is 5.26. The molecule has 0 amide bonds. The highest BCUT2D eigenvalue weighted by Gasteiger charge is 2.33. The van der Waals surface area contributed by atoms with E-state index in [9.17, 15) is 0 Å². The Balaban J connectivity index is 0.00000576. The van der Waals surface area contributed by atoms with E-state index in [-0.39, 0.29) is 24.0 Å². The average Bonchev–Trinajstić information content (AvgIpc) is 3.07. The SMILES string of the molecule is CCNC(=NCC1(CCOC)CCCC1)NCCCN(CC)CC.I. The molecule has 0 aromatic rings. The predicted octanol–water partition coefficient (Wildman–Crippen LogP) is 3.49. The van der Waals surface area contributed by atoms with E-state index in [0.29, 0.717) is 5.41 Å². The van der Waals surface area contributed by atoms with Gasteiger partial charge in [-0.25, -0.2) is 0 Å². The largest absolute Gasteiger partial charge is 0.385 e. The minimum atomic E-state index is 0. The van der Waals surface area contributed by atoms with Gasteiger partial charge in [-0.15, -0.1) is 24.0 Å². The first kappa shape index (κ1) is 24.9. The van der Waals surface area contributed by atoms with Crippen molar-refractivity contribution in [2.45, 2.75) is 59.3 Å². The van der Waals surface area contributed by atoms with Crippen LogP contribution in [0.3, 0.4) is 0 Å². The van der Waals surface area contributed by atoms with E-state index in [1.54, 1.807) is 7.11 Å². The zero-order valence-corrected chi connectivity index (χ0v) is 19.2. The predicted molar refractivity (Wildman–Crippen MR) is 119 cm³/mol. The van der Waals surface area contributed by atoms with Gasteiger partial charge in [0.1, 0.15) is 0 Å². The van der Waals surface area contributed by atoms with Crippen molar-refractivity contribution < 1.29 is 4.74 Å². The van der Waals surface area contributed by atoms with E-state index >= 15 is 0 Å². The van der Waals surface area contributed by atoms with E-state index < -0.39 is 0 Å². The summed E-state index contributed by atoms with van der Waals surface area (Å²) >= 11 is 0. The molecule has 1 aliphatic carbocycles. The number of guanidine groups is 1. The molecular weight excluding hydrogens is 427 g/mol. The topological polar surface area (TPSA) is 48.9 Å². The van der Waals surface area contributed by atoms with Crippen LogP contribution >= 0.6 is 24.0 Å². The Labute approximate surface area is 172 Å². The molecule has 0 heterocycles. The van der Waals surface area contributed by atoms with Gasteiger partial charge in [0, 0.05) is 33.4 Å². The molecule has 1 aliphatic rings. The Morgan fingerprint density at radius 2 is 1.80 bits per heavy atom. The Morgan fingerprint density at radius 3 is 2.36 bits per heavy atom. The lowest BCUT2D eigenvalue weighted by molar-refractivity contribution is 0.141. The van der Waals surface area contributed by atoms with E-state index in [2.05, 4.69) is 36.3 Å². The van der Waals surface area contributed by atoms with Crippen LogP contribution in [-0.2, 0) is 4.74 Å². The molecule has 0 aliphatic heterocycles. The van der Waals surface area contributed by atoms with Crippen LogP contribution < -0.4 is 10.6 Å². The second-order valence-electron chi connectivity index (χ2n) is 6.95. The van der Waals surface area contributed by atoms with Gasteiger partial charge < -0.3 is 20.3 Å². The van der Waals surface area contributed by atoms with Gasteiger partial charge in [0.25, 0.3) is 0 Å². The van der Waals surface area contributed by atoms with Crippen LogP contribution in [0.4, 0.5) is 0 Å². The molecule has 1 rings (SSSR count). The maximum atomic E-state index is 5.32. The smallest absolute Gasteiger partial charge is 0.191 e. The molecule has 150 valence electrons. The summed E-state index contributed by atoms with van der Waals surface area (Å²) in [5, 5.41) is 6.89. The van der Waals surface area contributed by atoms with Crippen molar-refractivity contribution in [3.05, 3.63) is 0 Å². The number of aliphatic imine (C=N–C) groups is 1. The van der Waals surface area contributed by atoms with Crippen molar-refractivity contribution in [1.29, 1.82) is 0 Å². The molecule has 0 unspecified atom stereocenters. The lowest BCUT2D eigenvalue weighted by Gasteiger charge is -2.27. The van der Waals surface area contributed by atoms with Gasteiger partial charge in [-0.2, -0.15) is 0 Å². The first-order chi connectivity index (χ1) is 11.7. The summed E-state index contributed by atoms with van der Waals surface area (Å²) in [6.45, 7) is 13.7. The van der Waals surface area contributed by atoms with Gasteiger partial charge in [0.2, 0.25) is 0 Å². The average molecular weight is 468 g/mol. The fourth-order valence-electron chi connectivity index (χ4n) is 3.57. The van der Waals surface area contributed by atoms with Gasteiger partial charge in [0.05, 0.1) is 0 Å². The van der Waals surface area contributed by atoms with E-state index in [4.69, 9.17) is 9.73 Å². The van der Waals surface area contributed by atoms with Crippen molar-refractivity contribution in [2.75, 3.05) is 53.0 Å². The molecule has 2 N–H and O–H groups in total. The Morgan fingerprint density at radius 1 is 1.12 bits per heavy atom. The number of hydrogen-bond donors (Lipinski definition) is 2. The Bertz CT molecular complexity index is 342. The monoisotopic (exact) mass is 468 g/mol. The lowest BCUT2D eigenvalue weighted by Crippen LogP contribution is -2.39. The summed E-state index contributed by atoms with van der Waals surface area (Å²) in [5.41, 5.74) is 0.361. The van der Waals surface area contributed by atoms with Crippen LogP contribution in [0.1, 0.15) is 59.3 Å². The molecule has 1 saturated carbocycles. The highest BCUT2D eigenvalue weighted by molar-refractivity contribution is 14.0. The second-order valence-corrected chi connectivity index (χ2v) is 6.95. The summed E-state index contributed by atoms with van der Waals surface area (Å²) in [6.07, 6.45) is 7.55. The number of nitrogens with zero attached hydrogens (tertiary/aromatic N) is 2. The first-order valence-corrected chi connectivity index (χ1v) is 9.93. The van der Waals surface area contributed by atoms with E-state index in [0.717, 1.165) is 64.7 Å². The number of rotatable bonds is 12. The number of methoxy groups -OCH3 is 1. The molecule has 25 heavy (non-hydrogen) atoms. The molecule has 1 fully saturated rings. The molecule has 0 spiro atoms. The number of ether oxygens (including phenoxy) is 1. The molecule has 0 aromatic carbocycles. The number of nitrogens with one attached hydrogen (secondary N) is 2. The fraction of sp³-hybridized carbons (Fsp3) is 0.947. The molecule has 0 saturated heterocycles. The normalized spacial score (nSPS) is 16.8. The van der Waals surface area contributed by atoms with Crippen molar-refractivity contribution in [3.63, 3.8) is 0 Å². The molecule has 0 aromatic heterocycles. The number of hydrogen-bond acceptors (Lipinski definition) is 3. The lowest BCUT2D eigenvalue weighted by atomic mass is 9.83. The molecule has 6 heteroatoms. The third-order valence-corrected chi connectivity index (χ3v) is 5.26. The van der Waals surface area contributed by atoms with Crippen molar-refractivity contribution >= 4 is 29.9 Å². The summed E-state index contributed by atoms with van der Waals surface area (Å²) in [7, 11) is 1.80. The molecular formula is C19H41IN4O.